The molecule has 6 heteroatoms. The van der Waals surface area contributed by atoms with Crippen molar-refractivity contribution in [1.29, 1.82) is 0 Å². The van der Waals surface area contributed by atoms with Crippen molar-refractivity contribution >= 4 is 40.5 Å². The highest BCUT2D eigenvalue weighted by molar-refractivity contribution is 6.35. The molecule has 31 heavy (non-hydrogen) atoms. The molecule has 2 heterocycles. The summed E-state index contributed by atoms with van der Waals surface area (Å²) >= 11 is 12.2. The lowest BCUT2D eigenvalue weighted by Gasteiger charge is -2.19. The highest BCUT2D eigenvalue weighted by atomic mass is 35.5. The molecule has 162 valence electrons. The number of halogens is 2. The van der Waals surface area contributed by atoms with Crippen LogP contribution >= 0.6 is 23.2 Å². The summed E-state index contributed by atoms with van der Waals surface area (Å²) in [5, 5.41) is 4.32. The molecule has 1 amide bonds. The van der Waals surface area contributed by atoms with Gasteiger partial charge in [0.15, 0.2) is 6.17 Å². The Balaban J connectivity index is 1.58. The molecule has 4 nitrogen and oxygen atoms in total. The van der Waals surface area contributed by atoms with E-state index in [2.05, 4.69) is 50.4 Å². The smallest absolute Gasteiger partial charge is 0.222 e. The van der Waals surface area contributed by atoms with Crippen LogP contribution in [0.4, 0.5) is 0 Å². The van der Waals surface area contributed by atoms with Gasteiger partial charge in [-0.2, -0.15) is 0 Å². The molecule has 1 N–H and O–H groups in total. The standard InChI is InChI=1S/C25H27Cl2N3O/c1-14(2)23-19-7-5-4-6-18(19)20-12-15(3)28-24(20)25(30-23)29-22(31)11-9-16-8-10-17(26)13-21(16)27/h4-8,10,13-15,20,25H,9,11-12H2,1-3H3,(H,29,31)/t15-,20?,25?/m0/s1. The monoisotopic (exact) mass is 455 g/mol. The number of hydrogen-bond acceptors (Lipinski definition) is 3. The molecule has 0 radical (unpaired) electrons. The Kier molecular flexibility index (Phi) is 6.49. The molecule has 0 saturated heterocycles. The van der Waals surface area contributed by atoms with E-state index in [-0.39, 0.29) is 23.8 Å². The molecule has 2 aliphatic rings. The van der Waals surface area contributed by atoms with E-state index < -0.39 is 6.17 Å². The number of carbonyl (C=O) groups is 1. The van der Waals surface area contributed by atoms with E-state index in [0.29, 0.717) is 22.9 Å². The number of nitrogens with one attached hydrogen (secondary N) is 1. The Hall–Kier alpha value is -2.17. The molecule has 2 aliphatic heterocycles. The summed E-state index contributed by atoms with van der Waals surface area (Å²) in [6, 6.07) is 14.0. The molecule has 0 aliphatic carbocycles. The molecule has 2 aromatic carbocycles. The SMILES string of the molecule is CC(C)C1=NC(NC(=O)CCc2ccc(Cl)cc2Cl)C2=N[C@@H](C)CC2c2ccccc21. The van der Waals surface area contributed by atoms with Gasteiger partial charge in [0.05, 0.1) is 5.71 Å². The van der Waals surface area contributed by atoms with Gasteiger partial charge in [-0.25, -0.2) is 0 Å². The fraction of sp³-hybridized carbons (Fsp3) is 0.400. The van der Waals surface area contributed by atoms with Gasteiger partial charge in [0.2, 0.25) is 5.91 Å². The zero-order chi connectivity index (χ0) is 22.1. The molecular formula is C25H27Cl2N3O. The first-order chi connectivity index (χ1) is 14.8. The number of carbonyl (C=O) groups excluding carboxylic acids is 1. The topological polar surface area (TPSA) is 53.8 Å². The third-order valence-electron chi connectivity index (χ3n) is 5.94. The van der Waals surface area contributed by atoms with Crippen molar-refractivity contribution in [1.82, 2.24) is 5.32 Å². The summed E-state index contributed by atoms with van der Waals surface area (Å²) in [4.78, 5) is 22.8. The van der Waals surface area contributed by atoms with Crippen molar-refractivity contribution in [2.24, 2.45) is 15.9 Å². The second kappa shape index (κ2) is 9.13. The Morgan fingerprint density at radius 3 is 2.68 bits per heavy atom. The zero-order valence-electron chi connectivity index (χ0n) is 18.0. The van der Waals surface area contributed by atoms with Crippen molar-refractivity contribution in [3.63, 3.8) is 0 Å². The van der Waals surface area contributed by atoms with Crippen LogP contribution in [0.1, 0.15) is 56.2 Å². The maximum absolute atomic E-state index is 12.9. The lowest BCUT2D eigenvalue weighted by atomic mass is 9.85. The zero-order valence-corrected chi connectivity index (χ0v) is 19.5. The summed E-state index contributed by atoms with van der Waals surface area (Å²) in [5.74, 6) is 0.363. The number of fused-ring (bicyclic) bond motifs is 3. The lowest BCUT2D eigenvalue weighted by molar-refractivity contribution is -0.121. The van der Waals surface area contributed by atoms with Crippen molar-refractivity contribution in [3.05, 3.63) is 69.2 Å². The van der Waals surface area contributed by atoms with E-state index in [1.54, 1.807) is 12.1 Å². The summed E-state index contributed by atoms with van der Waals surface area (Å²) in [5.41, 5.74) is 5.34. The van der Waals surface area contributed by atoms with Gasteiger partial charge in [-0.05, 0) is 54.5 Å². The maximum atomic E-state index is 12.9. The second-order valence-corrected chi connectivity index (χ2v) is 9.50. The largest absolute Gasteiger partial charge is 0.330 e. The van der Waals surface area contributed by atoms with Crippen LogP contribution in [0.2, 0.25) is 10.0 Å². The minimum atomic E-state index is -0.437. The molecule has 0 aromatic heterocycles. The highest BCUT2D eigenvalue weighted by Gasteiger charge is 2.37. The van der Waals surface area contributed by atoms with Crippen LogP contribution in [0.3, 0.4) is 0 Å². The molecule has 4 rings (SSSR count). The minimum absolute atomic E-state index is 0.0603. The van der Waals surface area contributed by atoms with Gasteiger partial charge in [0.1, 0.15) is 0 Å². The van der Waals surface area contributed by atoms with Crippen molar-refractivity contribution in [2.45, 2.75) is 58.2 Å². The first-order valence-corrected chi connectivity index (χ1v) is 11.6. The predicted molar refractivity (Wildman–Crippen MR) is 129 cm³/mol. The van der Waals surface area contributed by atoms with Crippen LogP contribution in [-0.2, 0) is 11.2 Å². The van der Waals surface area contributed by atoms with Crippen LogP contribution in [0.5, 0.6) is 0 Å². The third kappa shape index (κ3) is 4.70. The molecular weight excluding hydrogens is 429 g/mol. The van der Waals surface area contributed by atoms with E-state index in [9.17, 15) is 4.79 Å². The predicted octanol–water partition coefficient (Wildman–Crippen LogP) is 5.84. The number of hydrogen-bond donors (Lipinski definition) is 1. The minimum Gasteiger partial charge on any atom is -0.330 e. The molecule has 2 unspecified atom stereocenters. The van der Waals surface area contributed by atoms with Crippen molar-refractivity contribution in [2.75, 3.05) is 0 Å². The average molecular weight is 456 g/mol. The van der Waals surface area contributed by atoms with Crippen molar-refractivity contribution in [3.8, 4) is 0 Å². The van der Waals surface area contributed by atoms with Gasteiger partial charge in [0, 0.05) is 34.1 Å². The first kappa shape index (κ1) is 22.0. The van der Waals surface area contributed by atoms with Gasteiger partial charge in [-0.1, -0.05) is 67.4 Å². The molecule has 2 aromatic rings. The summed E-state index contributed by atoms with van der Waals surface area (Å²) in [7, 11) is 0. The van der Waals surface area contributed by atoms with Crippen LogP contribution in [0.25, 0.3) is 0 Å². The normalized spacial score (nSPS) is 22.3. The van der Waals surface area contributed by atoms with Gasteiger partial charge < -0.3 is 5.32 Å². The molecule has 0 saturated carbocycles. The highest BCUT2D eigenvalue weighted by Crippen LogP contribution is 2.37. The quantitative estimate of drug-likeness (QED) is 0.604. The van der Waals surface area contributed by atoms with E-state index >= 15 is 0 Å². The summed E-state index contributed by atoms with van der Waals surface area (Å²) in [6.45, 7) is 6.41. The average Bonchev–Trinajstić information content (AvgIpc) is 3.06. The van der Waals surface area contributed by atoms with Gasteiger partial charge >= 0.3 is 0 Å². The second-order valence-electron chi connectivity index (χ2n) is 8.65. The van der Waals surface area contributed by atoms with Crippen molar-refractivity contribution < 1.29 is 4.79 Å². The number of amides is 1. The summed E-state index contributed by atoms with van der Waals surface area (Å²) < 4.78 is 0. The van der Waals surface area contributed by atoms with Crippen LogP contribution in [0.15, 0.2) is 52.4 Å². The summed E-state index contributed by atoms with van der Waals surface area (Å²) in [6.07, 6.45) is 1.38. The Labute approximate surface area is 193 Å². The molecule has 0 fully saturated rings. The lowest BCUT2D eigenvalue weighted by Crippen LogP contribution is -2.41. The maximum Gasteiger partial charge on any atom is 0.222 e. The Bertz CT molecular complexity index is 1060. The fourth-order valence-corrected chi connectivity index (χ4v) is 4.98. The fourth-order valence-electron chi connectivity index (χ4n) is 4.48. The molecule has 0 bridgehead atoms. The Morgan fingerprint density at radius 2 is 1.94 bits per heavy atom. The van der Waals surface area contributed by atoms with Crippen LogP contribution in [-0.4, -0.2) is 29.5 Å². The van der Waals surface area contributed by atoms with E-state index in [0.717, 1.165) is 23.4 Å². The molecule has 3 atom stereocenters. The van der Waals surface area contributed by atoms with E-state index in [4.69, 9.17) is 33.2 Å². The Morgan fingerprint density at radius 1 is 1.16 bits per heavy atom. The van der Waals surface area contributed by atoms with E-state index in [1.807, 2.05) is 6.07 Å². The number of benzene rings is 2. The first-order valence-electron chi connectivity index (χ1n) is 10.8. The van der Waals surface area contributed by atoms with Crippen LogP contribution in [0, 0.1) is 5.92 Å². The van der Waals surface area contributed by atoms with Gasteiger partial charge in [-0.3, -0.25) is 14.8 Å². The van der Waals surface area contributed by atoms with Gasteiger partial charge in [0.25, 0.3) is 0 Å². The number of aryl methyl sites for hydroxylation is 1. The molecule has 0 spiro atoms. The number of rotatable bonds is 5. The van der Waals surface area contributed by atoms with Gasteiger partial charge in [-0.15, -0.1) is 0 Å². The van der Waals surface area contributed by atoms with E-state index in [1.165, 1.54) is 11.1 Å². The number of nitrogens with zero attached hydrogens (tertiary/aromatic N) is 2. The third-order valence-corrected chi connectivity index (χ3v) is 6.53. The number of aliphatic imine (C=N–C) groups is 2. The van der Waals surface area contributed by atoms with Crippen LogP contribution < -0.4 is 5.32 Å².